The predicted octanol–water partition coefficient (Wildman–Crippen LogP) is 4.38. The van der Waals surface area contributed by atoms with E-state index in [2.05, 4.69) is 9.97 Å². The number of aryl methyl sites for hydroxylation is 2. The fourth-order valence-electron chi connectivity index (χ4n) is 4.24. The molecule has 2 heterocycles. The van der Waals surface area contributed by atoms with Crippen LogP contribution in [0.15, 0.2) is 36.7 Å². The number of nitrogens with one attached hydrogen (secondary N) is 1. The summed E-state index contributed by atoms with van der Waals surface area (Å²) in [5, 5.41) is 0.314. The van der Waals surface area contributed by atoms with Gasteiger partial charge in [0.25, 0.3) is 5.91 Å². The molecule has 0 saturated carbocycles. The number of amides is 1. The summed E-state index contributed by atoms with van der Waals surface area (Å²) in [5.74, 6) is -1.33. The van der Waals surface area contributed by atoms with E-state index in [0.29, 0.717) is 33.8 Å². The van der Waals surface area contributed by atoms with Crippen LogP contribution in [-0.4, -0.2) is 38.9 Å². The Balaban J connectivity index is 1.97. The normalized spacial score (nSPS) is 17.7. The number of aldehydes is 1. The Kier molecular flexibility index (Phi) is 5.69. The third-order valence-corrected chi connectivity index (χ3v) is 6.34. The van der Waals surface area contributed by atoms with Gasteiger partial charge in [0.05, 0.1) is 23.6 Å². The quantitative estimate of drug-likeness (QED) is 0.594. The number of rotatable bonds is 4. The topological polar surface area (TPSA) is 83.1 Å². The molecule has 164 valence electrons. The highest BCUT2D eigenvalue weighted by atomic mass is 35.5. The number of hydrogen-bond acceptors (Lipinski definition) is 4. The molecule has 3 aromatic rings. The number of imidazole rings is 1. The number of hydrogen-bond donors (Lipinski definition) is 1. The van der Waals surface area contributed by atoms with Crippen molar-refractivity contribution >= 4 is 29.6 Å². The molecule has 8 heteroatoms. The molecule has 4 rings (SSSR count). The van der Waals surface area contributed by atoms with Gasteiger partial charge in [0, 0.05) is 28.3 Å². The third-order valence-electron chi connectivity index (χ3n) is 5.93. The van der Waals surface area contributed by atoms with Crippen molar-refractivity contribution in [2.45, 2.75) is 39.3 Å². The Morgan fingerprint density at radius 3 is 2.69 bits per heavy atom. The zero-order valence-corrected chi connectivity index (χ0v) is 18.5. The van der Waals surface area contributed by atoms with Crippen LogP contribution in [0, 0.1) is 19.7 Å². The summed E-state index contributed by atoms with van der Waals surface area (Å²) in [6.07, 6.45) is 2.25. The highest BCUT2D eigenvalue weighted by Gasteiger charge is 2.44. The minimum Gasteiger partial charge on any atom is -0.348 e. The minimum atomic E-state index is -0.953. The van der Waals surface area contributed by atoms with Crippen LogP contribution in [0.5, 0.6) is 0 Å². The van der Waals surface area contributed by atoms with Gasteiger partial charge in [-0.25, -0.2) is 9.37 Å². The lowest BCUT2D eigenvalue weighted by atomic mass is 9.87. The molecule has 6 nitrogen and oxygen atoms in total. The van der Waals surface area contributed by atoms with Crippen molar-refractivity contribution in [3.05, 3.63) is 86.7 Å². The Hall–Kier alpha value is -3.32. The van der Waals surface area contributed by atoms with E-state index in [1.54, 1.807) is 32.0 Å². The van der Waals surface area contributed by atoms with Gasteiger partial charge < -0.3 is 9.88 Å². The van der Waals surface area contributed by atoms with Gasteiger partial charge in [-0.3, -0.25) is 14.4 Å². The van der Waals surface area contributed by atoms with E-state index in [9.17, 15) is 14.4 Å². The maximum Gasteiger partial charge on any atom is 0.256 e. The Labute approximate surface area is 189 Å². The van der Waals surface area contributed by atoms with E-state index in [0.717, 1.165) is 0 Å². The summed E-state index contributed by atoms with van der Waals surface area (Å²) in [4.78, 5) is 47.0. The number of ketones is 1. The second-order valence-electron chi connectivity index (χ2n) is 8.00. The minimum absolute atomic E-state index is 0.0545. The monoisotopic (exact) mass is 453 g/mol. The zero-order chi connectivity index (χ0) is 23.2. The first-order valence-corrected chi connectivity index (χ1v) is 10.5. The molecule has 0 fully saturated rings. The summed E-state index contributed by atoms with van der Waals surface area (Å²) in [6, 6.07) is 6.02. The molecule has 1 N–H and O–H groups in total. The van der Waals surface area contributed by atoms with Crippen LogP contribution in [0.3, 0.4) is 0 Å². The van der Waals surface area contributed by atoms with Gasteiger partial charge in [0.15, 0.2) is 12.1 Å². The van der Waals surface area contributed by atoms with Crippen molar-refractivity contribution in [2.24, 2.45) is 0 Å². The first kappa shape index (κ1) is 21.9. The second-order valence-corrected chi connectivity index (χ2v) is 8.40. The lowest BCUT2D eigenvalue weighted by molar-refractivity contribution is -0.122. The molecule has 2 aromatic carbocycles. The molecular weight excluding hydrogens is 433 g/mol. The molecule has 1 aromatic heterocycles. The smallest absolute Gasteiger partial charge is 0.256 e. The molecule has 1 aliphatic heterocycles. The van der Waals surface area contributed by atoms with Gasteiger partial charge in [-0.15, -0.1) is 0 Å². The SMILES string of the molecule is CC(=O)[C@H]1Cc2[nH]cnc2C(c2cccc(C)c2F)N1C(=O)c1cc(Cl)c(C)cc1C=O. The van der Waals surface area contributed by atoms with E-state index < -0.39 is 23.8 Å². The van der Waals surface area contributed by atoms with Crippen molar-refractivity contribution in [3.8, 4) is 0 Å². The molecule has 0 bridgehead atoms. The van der Waals surface area contributed by atoms with Crippen LogP contribution in [-0.2, 0) is 11.2 Å². The second kappa shape index (κ2) is 8.31. The summed E-state index contributed by atoms with van der Waals surface area (Å²) < 4.78 is 15.3. The Morgan fingerprint density at radius 1 is 1.25 bits per heavy atom. The van der Waals surface area contributed by atoms with Crippen molar-refractivity contribution in [3.63, 3.8) is 0 Å². The number of aromatic amines is 1. The van der Waals surface area contributed by atoms with Crippen LogP contribution < -0.4 is 0 Å². The van der Waals surface area contributed by atoms with Crippen molar-refractivity contribution < 1.29 is 18.8 Å². The summed E-state index contributed by atoms with van der Waals surface area (Å²) in [7, 11) is 0. The molecule has 0 radical (unpaired) electrons. The van der Waals surface area contributed by atoms with E-state index in [1.165, 1.54) is 30.3 Å². The predicted molar refractivity (Wildman–Crippen MR) is 117 cm³/mol. The molecule has 1 aliphatic rings. The number of H-pyrrole nitrogens is 1. The summed E-state index contributed by atoms with van der Waals surface area (Å²) in [5.41, 5.74) is 2.61. The molecule has 1 amide bonds. The van der Waals surface area contributed by atoms with Gasteiger partial charge in [-0.1, -0.05) is 29.8 Å². The van der Waals surface area contributed by atoms with E-state index >= 15 is 4.39 Å². The maximum atomic E-state index is 15.3. The molecule has 0 saturated heterocycles. The lowest BCUT2D eigenvalue weighted by Crippen LogP contribution is -2.51. The van der Waals surface area contributed by atoms with Crippen LogP contribution >= 0.6 is 11.6 Å². The average Bonchev–Trinajstić information content (AvgIpc) is 3.24. The molecule has 32 heavy (non-hydrogen) atoms. The van der Waals surface area contributed by atoms with E-state index in [4.69, 9.17) is 11.6 Å². The van der Waals surface area contributed by atoms with E-state index in [-0.39, 0.29) is 28.9 Å². The third kappa shape index (κ3) is 3.52. The lowest BCUT2D eigenvalue weighted by Gasteiger charge is -2.41. The van der Waals surface area contributed by atoms with Crippen molar-refractivity contribution in [2.75, 3.05) is 0 Å². The van der Waals surface area contributed by atoms with Crippen LogP contribution in [0.2, 0.25) is 5.02 Å². The molecule has 1 unspecified atom stereocenters. The number of nitrogens with zero attached hydrogens (tertiary/aromatic N) is 2. The number of benzene rings is 2. The zero-order valence-electron chi connectivity index (χ0n) is 17.8. The largest absolute Gasteiger partial charge is 0.348 e. The van der Waals surface area contributed by atoms with Gasteiger partial charge in [-0.05, 0) is 44.0 Å². The van der Waals surface area contributed by atoms with Crippen LogP contribution in [0.4, 0.5) is 4.39 Å². The highest BCUT2D eigenvalue weighted by molar-refractivity contribution is 6.32. The number of Topliss-reactive ketones (excluding diaryl/α,β-unsaturated/α-hetero) is 1. The first-order chi connectivity index (χ1) is 15.2. The molecular formula is C24H21ClFN3O3. The summed E-state index contributed by atoms with van der Waals surface area (Å²) >= 11 is 6.26. The first-order valence-electron chi connectivity index (χ1n) is 10.1. The van der Waals surface area contributed by atoms with Gasteiger partial charge in [0.2, 0.25) is 0 Å². The number of halogens is 2. The highest BCUT2D eigenvalue weighted by Crippen LogP contribution is 2.39. The van der Waals surface area contributed by atoms with Gasteiger partial charge >= 0.3 is 0 Å². The fourth-order valence-corrected chi connectivity index (χ4v) is 4.40. The fraction of sp³-hybridized carbons (Fsp3) is 0.250. The van der Waals surface area contributed by atoms with Crippen LogP contribution in [0.25, 0.3) is 0 Å². The number of aromatic nitrogens is 2. The van der Waals surface area contributed by atoms with Gasteiger partial charge in [0.1, 0.15) is 11.9 Å². The molecule has 2 atom stereocenters. The number of carbonyl (C=O) groups is 3. The van der Waals surface area contributed by atoms with Crippen LogP contribution in [0.1, 0.15) is 61.8 Å². The summed E-state index contributed by atoms with van der Waals surface area (Å²) in [6.45, 7) is 4.74. The average molecular weight is 454 g/mol. The standard InChI is InChI=1S/C24H21ClFN3O3/c1-12-5-4-6-16(21(12)26)23-22-19(27-11-28-22)9-20(14(3)31)29(23)24(32)17-8-18(25)13(2)7-15(17)10-30/h4-8,10-11,20,23H,9H2,1-3H3,(H,27,28)/t20-,23?/m1/s1. The van der Waals surface area contributed by atoms with Crippen molar-refractivity contribution in [1.82, 2.24) is 14.9 Å². The number of carbonyl (C=O) groups excluding carboxylic acids is 3. The Morgan fingerprint density at radius 2 is 2.00 bits per heavy atom. The van der Waals surface area contributed by atoms with Crippen molar-refractivity contribution in [1.29, 1.82) is 0 Å². The molecule has 0 aliphatic carbocycles. The Bertz CT molecular complexity index is 1250. The van der Waals surface area contributed by atoms with E-state index in [1.807, 2.05) is 0 Å². The number of fused-ring (bicyclic) bond motifs is 1. The maximum absolute atomic E-state index is 15.3. The van der Waals surface area contributed by atoms with Gasteiger partial charge in [-0.2, -0.15) is 0 Å². The molecule has 0 spiro atoms.